The summed E-state index contributed by atoms with van der Waals surface area (Å²) in [4.78, 5) is 23.4. The zero-order chi connectivity index (χ0) is 14.8. The first-order valence-electron chi connectivity index (χ1n) is 6.73. The van der Waals surface area contributed by atoms with Crippen molar-refractivity contribution in [3.63, 3.8) is 0 Å². The van der Waals surface area contributed by atoms with Crippen molar-refractivity contribution in [3.05, 3.63) is 29.8 Å². The van der Waals surface area contributed by atoms with Crippen molar-refractivity contribution in [1.82, 2.24) is 5.32 Å². The molecular formula is C15H19NO4. The van der Waals surface area contributed by atoms with Gasteiger partial charge in [-0.2, -0.15) is 0 Å². The van der Waals surface area contributed by atoms with Gasteiger partial charge in [0.2, 0.25) is 5.91 Å². The minimum absolute atomic E-state index is 0.0544. The van der Waals surface area contributed by atoms with Crippen molar-refractivity contribution in [1.29, 1.82) is 0 Å². The monoisotopic (exact) mass is 277 g/mol. The number of aromatic hydroxyl groups is 1. The van der Waals surface area contributed by atoms with E-state index in [4.69, 9.17) is 0 Å². The van der Waals surface area contributed by atoms with Crippen LogP contribution in [0.5, 0.6) is 5.75 Å². The molecule has 1 aromatic rings. The number of aliphatic carboxylic acids is 1. The Hall–Kier alpha value is -2.04. The molecule has 1 saturated carbocycles. The molecule has 1 aliphatic carbocycles. The molecule has 2 rings (SSSR count). The van der Waals surface area contributed by atoms with Crippen LogP contribution in [0.2, 0.25) is 0 Å². The maximum absolute atomic E-state index is 12.0. The first-order valence-corrected chi connectivity index (χ1v) is 6.73. The molecule has 0 aliphatic heterocycles. The standard InChI is InChI=1S/C15H19NO4/c1-15(14(19)20)8-4-7-12(15)16-13(18)9-10-5-2-3-6-11(10)17/h2-3,5-6,12,17H,4,7-9H2,1H3,(H,16,18)(H,19,20). The number of rotatable bonds is 4. The highest BCUT2D eigenvalue weighted by Crippen LogP contribution is 2.38. The molecule has 3 N–H and O–H groups in total. The van der Waals surface area contributed by atoms with Crippen LogP contribution in [-0.4, -0.2) is 28.1 Å². The molecule has 0 bridgehead atoms. The average Bonchev–Trinajstić information content (AvgIpc) is 2.75. The highest BCUT2D eigenvalue weighted by molar-refractivity contribution is 5.82. The molecule has 5 nitrogen and oxygen atoms in total. The average molecular weight is 277 g/mol. The van der Waals surface area contributed by atoms with Crippen LogP contribution in [0.3, 0.4) is 0 Å². The third-order valence-electron chi connectivity index (χ3n) is 4.12. The first-order chi connectivity index (χ1) is 9.43. The van der Waals surface area contributed by atoms with E-state index in [1.54, 1.807) is 25.1 Å². The summed E-state index contributed by atoms with van der Waals surface area (Å²) in [5.74, 6) is -1.05. The predicted octanol–water partition coefficient (Wildman–Crippen LogP) is 1.69. The molecule has 1 amide bonds. The fourth-order valence-electron chi connectivity index (χ4n) is 2.73. The molecule has 0 saturated heterocycles. The van der Waals surface area contributed by atoms with E-state index in [0.717, 1.165) is 6.42 Å². The van der Waals surface area contributed by atoms with E-state index in [1.165, 1.54) is 6.07 Å². The molecule has 0 radical (unpaired) electrons. The van der Waals surface area contributed by atoms with Gasteiger partial charge < -0.3 is 15.5 Å². The molecule has 1 fully saturated rings. The van der Waals surface area contributed by atoms with Gasteiger partial charge in [-0.15, -0.1) is 0 Å². The van der Waals surface area contributed by atoms with Crippen LogP contribution in [0.15, 0.2) is 24.3 Å². The number of nitrogens with one attached hydrogen (secondary N) is 1. The summed E-state index contributed by atoms with van der Waals surface area (Å²) in [5.41, 5.74) is -0.353. The van der Waals surface area contributed by atoms with Gasteiger partial charge in [0.15, 0.2) is 0 Å². The van der Waals surface area contributed by atoms with Crippen LogP contribution >= 0.6 is 0 Å². The third kappa shape index (κ3) is 2.76. The molecule has 5 heteroatoms. The minimum atomic E-state index is -0.894. The summed E-state index contributed by atoms with van der Waals surface area (Å²) in [6.45, 7) is 1.67. The van der Waals surface area contributed by atoms with Crippen LogP contribution in [0.25, 0.3) is 0 Å². The van der Waals surface area contributed by atoms with Crippen LogP contribution in [0.1, 0.15) is 31.7 Å². The lowest BCUT2D eigenvalue weighted by Gasteiger charge is -2.27. The zero-order valence-corrected chi connectivity index (χ0v) is 11.4. The summed E-state index contributed by atoms with van der Waals surface area (Å²) in [5, 5.41) is 21.7. The number of phenolic OH excluding ortho intramolecular Hbond substituents is 1. The second-order valence-corrected chi connectivity index (χ2v) is 5.54. The SMILES string of the molecule is CC1(C(=O)O)CCCC1NC(=O)Cc1ccccc1O. The zero-order valence-electron chi connectivity index (χ0n) is 11.4. The van der Waals surface area contributed by atoms with Crippen molar-refractivity contribution in [2.45, 2.75) is 38.6 Å². The Kier molecular flexibility index (Phi) is 3.97. The van der Waals surface area contributed by atoms with E-state index in [2.05, 4.69) is 5.32 Å². The second kappa shape index (κ2) is 5.53. The van der Waals surface area contributed by atoms with Gasteiger partial charge in [0, 0.05) is 11.6 Å². The number of benzene rings is 1. The summed E-state index contributed by atoms with van der Waals surface area (Å²) in [7, 11) is 0. The van der Waals surface area contributed by atoms with Crippen molar-refractivity contribution in [3.8, 4) is 5.75 Å². The van der Waals surface area contributed by atoms with Crippen LogP contribution in [0, 0.1) is 5.41 Å². The number of hydrogen-bond donors (Lipinski definition) is 3. The Morgan fingerprint density at radius 1 is 1.40 bits per heavy atom. The largest absolute Gasteiger partial charge is 0.508 e. The molecule has 108 valence electrons. The Balaban J connectivity index is 2.02. The number of phenols is 1. The Bertz CT molecular complexity index is 528. The maximum Gasteiger partial charge on any atom is 0.311 e. The van der Waals surface area contributed by atoms with Gasteiger partial charge >= 0.3 is 5.97 Å². The number of carboxylic acids is 1. The second-order valence-electron chi connectivity index (χ2n) is 5.54. The van der Waals surface area contributed by atoms with Gasteiger partial charge in [-0.1, -0.05) is 24.6 Å². The van der Waals surface area contributed by atoms with E-state index < -0.39 is 11.4 Å². The normalized spacial score (nSPS) is 25.4. The molecule has 1 aliphatic rings. The minimum Gasteiger partial charge on any atom is -0.508 e. The molecule has 20 heavy (non-hydrogen) atoms. The molecule has 2 unspecified atom stereocenters. The van der Waals surface area contributed by atoms with Crippen molar-refractivity contribution >= 4 is 11.9 Å². The topological polar surface area (TPSA) is 86.6 Å². The number of carbonyl (C=O) groups is 2. The fourth-order valence-corrected chi connectivity index (χ4v) is 2.73. The van der Waals surface area contributed by atoms with E-state index in [0.29, 0.717) is 18.4 Å². The van der Waals surface area contributed by atoms with Gasteiger partial charge in [-0.3, -0.25) is 9.59 Å². The smallest absolute Gasteiger partial charge is 0.311 e. The van der Waals surface area contributed by atoms with E-state index in [1.807, 2.05) is 0 Å². The molecule has 0 heterocycles. The van der Waals surface area contributed by atoms with Gasteiger partial charge in [-0.05, 0) is 25.8 Å². The van der Waals surface area contributed by atoms with Gasteiger partial charge in [-0.25, -0.2) is 0 Å². The summed E-state index contributed by atoms with van der Waals surface area (Å²) < 4.78 is 0. The summed E-state index contributed by atoms with van der Waals surface area (Å²) in [6.07, 6.45) is 2.10. The number of carboxylic acid groups (broad SMARTS) is 1. The number of carbonyl (C=O) groups excluding carboxylic acids is 1. The van der Waals surface area contributed by atoms with Crippen LogP contribution < -0.4 is 5.32 Å². The highest BCUT2D eigenvalue weighted by atomic mass is 16.4. The lowest BCUT2D eigenvalue weighted by atomic mass is 9.85. The highest BCUT2D eigenvalue weighted by Gasteiger charge is 2.45. The first kappa shape index (κ1) is 14.4. The molecule has 0 aromatic heterocycles. The molecule has 0 spiro atoms. The number of amides is 1. The van der Waals surface area contributed by atoms with E-state index in [-0.39, 0.29) is 24.1 Å². The Morgan fingerprint density at radius 3 is 2.75 bits per heavy atom. The predicted molar refractivity (Wildman–Crippen MR) is 73.3 cm³/mol. The quantitative estimate of drug-likeness (QED) is 0.781. The lowest BCUT2D eigenvalue weighted by Crippen LogP contribution is -2.47. The van der Waals surface area contributed by atoms with Crippen LogP contribution in [0.4, 0.5) is 0 Å². The van der Waals surface area contributed by atoms with Crippen molar-refractivity contribution in [2.24, 2.45) is 5.41 Å². The Morgan fingerprint density at radius 2 is 2.10 bits per heavy atom. The third-order valence-corrected chi connectivity index (χ3v) is 4.12. The van der Waals surface area contributed by atoms with E-state index >= 15 is 0 Å². The van der Waals surface area contributed by atoms with Crippen molar-refractivity contribution in [2.75, 3.05) is 0 Å². The maximum atomic E-state index is 12.0. The van der Waals surface area contributed by atoms with Crippen LogP contribution in [-0.2, 0) is 16.0 Å². The van der Waals surface area contributed by atoms with E-state index in [9.17, 15) is 19.8 Å². The molecule has 1 aromatic carbocycles. The van der Waals surface area contributed by atoms with Gasteiger partial charge in [0.25, 0.3) is 0 Å². The van der Waals surface area contributed by atoms with Gasteiger partial charge in [0.05, 0.1) is 11.8 Å². The number of para-hydroxylation sites is 1. The summed E-state index contributed by atoms with van der Waals surface area (Å²) >= 11 is 0. The van der Waals surface area contributed by atoms with Gasteiger partial charge in [0.1, 0.15) is 5.75 Å². The lowest BCUT2D eigenvalue weighted by molar-refractivity contribution is -0.149. The summed E-state index contributed by atoms with van der Waals surface area (Å²) in [6, 6.07) is 6.30. The van der Waals surface area contributed by atoms with Crippen molar-refractivity contribution < 1.29 is 19.8 Å². The number of hydrogen-bond acceptors (Lipinski definition) is 3. The molecular weight excluding hydrogens is 258 g/mol. The molecule has 2 atom stereocenters. The fraction of sp³-hybridized carbons (Fsp3) is 0.467. The Labute approximate surface area is 117 Å².